The second-order valence-electron chi connectivity index (χ2n) is 22.8. The van der Waals surface area contributed by atoms with Gasteiger partial charge in [0.1, 0.15) is 13.2 Å². The van der Waals surface area contributed by atoms with E-state index in [0.717, 1.165) is 44.9 Å². The summed E-state index contributed by atoms with van der Waals surface area (Å²) in [5, 5.41) is 13.9. The first-order valence-corrected chi connectivity index (χ1v) is 33.0. The molecule has 0 heterocycles. The summed E-state index contributed by atoms with van der Waals surface area (Å²) in [4.78, 5) is 25.5. The maximum absolute atomic E-state index is 13.0. The molecule has 2 N–H and O–H groups in total. The molecule has 0 aliphatic rings. The first-order valence-electron chi connectivity index (χ1n) is 31.5. The summed E-state index contributed by atoms with van der Waals surface area (Å²) in [5.74, 6) is -0.204. The lowest BCUT2D eigenvalue weighted by Gasteiger charge is -2.29. The maximum Gasteiger partial charge on any atom is 0.268 e. The number of rotatable bonds is 58. The fourth-order valence-corrected chi connectivity index (χ4v) is 10.0. The van der Waals surface area contributed by atoms with Crippen molar-refractivity contribution in [3.63, 3.8) is 0 Å². The molecule has 0 rings (SSSR count). The molecule has 1 amide bonds. The highest BCUT2D eigenvalue weighted by Gasteiger charge is 2.23. The molecule has 0 aromatic rings. The summed E-state index contributed by atoms with van der Waals surface area (Å²) in [6, 6.07) is -0.903. The smallest absolute Gasteiger partial charge is 0.268 e. The first kappa shape index (κ1) is 71.5. The van der Waals surface area contributed by atoms with Gasteiger partial charge in [-0.05, 0) is 64.2 Å². The average Bonchev–Trinajstić information content (AvgIpc) is 3.35. The van der Waals surface area contributed by atoms with Crippen LogP contribution in [0.5, 0.6) is 0 Å². The zero-order chi connectivity index (χ0) is 53.5. The number of amides is 1. The summed E-state index contributed by atoms with van der Waals surface area (Å²) < 4.78 is 23.3. The Kier molecular flexibility index (Phi) is 54.1. The van der Waals surface area contributed by atoms with Gasteiger partial charge < -0.3 is 28.8 Å². The van der Waals surface area contributed by atoms with Gasteiger partial charge in [-0.15, -0.1) is 0 Å². The predicted molar refractivity (Wildman–Crippen MR) is 316 cm³/mol. The molecule has 8 nitrogen and oxygen atoms in total. The van der Waals surface area contributed by atoms with Crippen molar-refractivity contribution in [1.29, 1.82) is 0 Å². The van der Waals surface area contributed by atoms with Crippen molar-refractivity contribution in [2.75, 3.05) is 40.9 Å². The number of quaternary nitrogens is 1. The van der Waals surface area contributed by atoms with Gasteiger partial charge in [0.25, 0.3) is 7.82 Å². The number of aliphatic hydroxyl groups is 1. The zero-order valence-corrected chi connectivity index (χ0v) is 50.0. The zero-order valence-electron chi connectivity index (χ0n) is 49.1. The topological polar surface area (TPSA) is 108 Å². The van der Waals surface area contributed by atoms with Gasteiger partial charge in [0.15, 0.2) is 0 Å². The van der Waals surface area contributed by atoms with E-state index in [4.69, 9.17) is 9.05 Å². The van der Waals surface area contributed by atoms with E-state index >= 15 is 0 Å². The van der Waals surface area contributed by atoms with Crippen molar-refractivity contribution < 1.29 is 32.9 Å². The van der Waals surface area contributed by atoms with Crippen LogP contribution >= 0.6 is 7.82 Å². The van der Waals surface area contributed by atoms with Crippen LogP contribution in [0.25, 0.3) is 0 Å². The number of likely N-dealkylation sites (N-methyl/N-ethyl adjacent to an activating group) is 1. The van der Waals surface area contributed by atoms with Crippen LogP contribution in [0.2, 0.25) is 0 Å². The van der Waals surface area contributed by atoms with Crippen LogP contribution < -0.4 is 10.2 Å². The van der Waals surface area contributed by atoms with Crippen LogP contribution in [0, 0.1) is 0 Å². The number of allylic oxidation sites excluding steroid dienone is 7. The highest BCUT2D eigenvalue weighted by atomic mass is 31.2. The average molecular weight is 1050 g/mol. The molecular formula is C64H123N2O6P. The standard InChI is InChI=1S/C64H123N2O6P/c1-6-8-10-12-14-16-18-20-22-24-25-26-27-28-29-30-31-32-33-34-35-36-37-38-39-40-41-42-44-46-48-50-52-54-56-58-64(68)65-62(61-72-73(69,70)71-60-59-66(3,4)5)63(67)57-55-53-51-49-47-45-43-23-21-19-17-15-13-11-9-7-2/h27-28,30-31,47,49,55,57,62-63,67H,6-26,29,32-46,48,50-54,56,58-61H2,1-5H3,(H-,65,68,69,70)/b28-27-,31-30-,49-47+,57-55+. The van der Waals surface area contributed by atoms with Crippen LogP contribution in [0.3, 0.4) is 0 Å². The lowest BCUT2D eigenvalue weighted by molar-refractivity contribution is -0.870. The van der Waals surface area contributed by atoms with E-state index in [2.05, 4.69) is 55.6 Å². The van der Waals surface area contributed by atoms with Crippen molar-refractivity contribution in [1.82, 2.24) is 5.32 Å². The van der Waals surface area contributed by atoms with Crippen molar-refractivity contribution in [3.8, 4) is 0 Å². The minimum absolute atomic E-state index is 0.00599. The Balaban J connectivity index is 4.03. The molecule has 0 aliphatic heterocycles. The lowest BCUT2D eigenvalue weighted by atomic mass is 10.0. The summed E-state index contributed by atoms with van der Waals surface area (Å²) >= 11 is 0. The number of phosphoric ester groups is 1. The maximum atomic E-state index is 13.0. The van der Waals surface area contributed by atoms with E-state index in [1.54, 1.807) is 6.08 Å². The summed E-state index contributed by atoms with van der Waals surface area (Å²) in [7, 11) is 1.25. The molecule has 0 saturated carbocycles. The summed E-state index contributed by atoms with van der Waals surface area (Å²) in [5.41, 5.74) is 0. The molecule has 0 radical (unpaired) electrons. The van der Waals surface area contributed by atoms with E-state index in [0.29, 0.717) is 17.4 Å². The lowest BCUT2D eigenvalue weighted by Crippen LogP contribution is -2.45. The molecule has 0 spiro atoms. The Hall–Kier alpha value is -1.54. The second kappa shape index (κ2) is 55.2. The van der Waals surface area contributed by atoms with Gasteiger partial charge in [-0.2, -0.15) is 0 Å². The number of hydrogen-bond acceptors (Lipinski definition) is 6. The van der Waals surface area contributed by atoms with Crippen LogP contribution in [-0.2, 0) is 18.4 Å². The number of aliphatic hydroxyl groups excluding tert-OH is 1. The molecular weight excluding hydrogens is 924 g/mol. The van der Waals surface area contributed by atoms with E-state index in [-0.39, 0.29) is 12.5 Å². The number of nitrogens with one attached hydrogen (secondary N) is 1. The normalized spacial score (nSPS) is 14.1. The van der Waals surface area contributed by atoms with Gasteiger partial charge in [-0.3, -0.25) is 9.36 Å². The van der Waals surface area contributed by atoms with Gasteiger partial charge >= 0.3 is 0 Å². The number of hydrogen-bond donors (Lipinski definition) is 2. The van der Waals surface area contributed by atoms with Gasteiger partial charge in [0, 0.05) is 6.42 Å². The molecule has 430 valence electrons. The van der Waals surface area contributed by atoms with Crippen LogP contribution in [0.4, 0.5) is 0 Å². The number of nitrogens with zero attached hydrogens (tertiary/aromatic N) is 1. The third kappa shape index (κ3) is 58.0. The van der Waals surface area contributed by atoms with E-state index in [9.17, 15) is 19.4 Å². The van der Waals surface area contributed by atoms with Gasteiger partial charge in [-0.25, -0.2) is 0 Å². The molecule has 0 aromatic heterocycles. The first-order chi connectivity index (χ1) is 35.5. The monoisotopic (exact) mass is 1050 g/mol. The molecule has 9 heteroatoms. The third-order valence-corrected chi connectivity index (χ3v) is 15.2. The summed E-state index contributed by atoms with van der Waals surface area (Å²) in [6.07, 6.45) is 73.6. The largest absolute Gasteiger partial charge is 0.756 e. The van der Waals surface area contributed by atoms with Crippen molar-refractivity contribution in [2.24, 2.45) is 0 Å². The Morgan fingerprint density at radius 2 is 0.808 bits per heavy atom. The van der Waals surface area contributed by atoms with Crippen LogP contribution in [0.1, 0.15) is 303 Å². The van der Waals surface area contributed by atoms with E-state index < -0.39 is 26.6 Å². The van der Waals surface area contributed by atoms with Gasteiger partial charge in [0.2, 0.25) is 5.91 Å². The number of carbonyl (C=O) groups excluding carboxylic acids is 1. The van der Waals surface area contributed by atoms with Crippen LogP contribution in [-0.4, -0.2) is 68.5 Å². The molecule has 3 unspecified atom stereocenters. The Bertz CT molecular complexity index is 1330. The van der Waals surface area contributed by atoms with Gasteiger partial charge in [0.05, 0.1) is 39.9 Å². The Morgan fingerprint density at radius 1 is 0.479 bits per heavy atom. The molecule has 0 fully saturated rings. The predicted octanol–water partition coefficient (Wildman–Crippen LogP) is 18.9. The summed E-state index contributed by atoms with van der Waals surface area (Å²) in [6.45, 7) is 4.65. The van der Waals surface area contributed by atoms with Crippen molar-refractivity contribution >= 4 is 13.7 Å². The van der Waals surface area contributed by atoms with E-state index in [1.807, 2.05) is 27.2 Å². The highest BCUT2D eigenvalue weighted by molar-refractivity contribution is 7.45. The second-order valence-corrected chi connectivity index (χ2v) is 24.2. The molecule has 0 aliphatic carbocycles. The number of unbranched alkanes of at least 4 members (excludes halogenated alkanes) is 39. The van der Waals surface area contributed by atoms with Crippen LogP contribution in [0.15, 0.2) is 48.6 Å². The quantitative estimate of drug-likeness (QED) is 0.0272. The highest BCUT2D eigenvalue weighted by Crippen LogP contribution is 2.38. The molecule has 3 atom stereocenters. The van der Waals surface area contributed by atoms with Crippen molar-refractivity contribution in [2.45, 2.75) is 315 Å². The fraction of sp³-hybridized carbons (Fsp3) is 0.859. The number of phosphoric acid groups is 1. The van der Waals surface area contributed by atoms with Gasteiger partial charge in [-0.1, -0.05) is 281 Å². The molecule has 0 saturated heterocycles. The molecule has 0 bridgehead atoms. The Morgan fingerprint density at radius 3 is 1.19 bits per heavy atom. The Labute approximate surface area is 454 Å². The van der Waals surface area contributed by atoms with E-state index in [1.165, 1.54) is 238 Å². The van der Waals surface area contributed by atoms with Crippen molar-refractivity contribution in [3.05, 3.63) is 48.6 Å². The molecule has 73 heavy (non-hydrogen) atoms. The SMILES string of the molecule is CCCCCCCCCCCC/C=C/CC/C=C/C(O)C(COP(=O)([O-])OCC[N+](C)(C)C)NC(=O)CCCCCCCCCCCCCCCCCCC/C=C\C/C=C\CCCCCCCCCCCCC. The number of carbonyl (C=O) groups is 1. The minimum atomic E-state index is -4.60. The fourth-order valence-electron chi connectivity index (χ4n) is 9.32. The third-order valence-electron chi connectivity index (χ3n) is 14.3. The molecule has 0 aromatic carbocycles. The minimum Gasteiger partial charge on any atom is -0.756 e.